The van der Waals surface area contributed by atoms with Gasteiger partial charge in [0.15, 0.2) is 0 Å². The van der Waals surface area contributed by atoms with E-state index in [1.165, 1.54) is 0 Å². The fourth-order valence-corrected chi connectivity index (χ4v) is 0.616. The fraction of sp³-hybridized carbons (Fsp3) is 0.667. The van der Waals surface area contributed by atoms with Gasteiger partial charge in [-0.25, -0.2) is 4.79 Å². The maximum absolute atomic E-state index is 10.3. The van der Waals surface area contributed by atoms with Crippen LogP contribution in [0.1, 0.15) is 0 Å². The summed E-state index contributed by atoms with van der Waals surface area (Å²) >= 11 is 15.3. The van der Waals surface area contributed by atoms with Gasteiger partial charge in [0.05, 0.1) is 0 Å². The third kappa shape index (κ3) is 9.79. The largest absolute Gasteiger partial charge is 1.00 e. The minimum absolute atomic E-state index is 0. The summed E-state index contributed by atoms with van der Waals surface area (Å²) in [7, 11) is -5.13. The predicted molar refractivity (Wildman–Crippen MR) is 41.5 cm³/mol. The Hall–Kier alpha value is 1.49. The van der Waals surface area contributed by atoms with Crippen molar-refractivity contribution in [3.8, 4) is 0 Å². The number of rotatable bonds is 2. The van der Waals surface area contributed by atoms with E-state index in [0.717, 1.165) is 0 Å². The molecule has 0 saturated heterocycles. The molecular formula is C3H3Cl3NaO5P. The van der Waals surface area contributed by atoms with Crippen molar-refractivity contribution in [1.29, 1.82) is 0 Å². The number of halogens is 3. The van der Waals surface area contributed by atoms with Crippen LogP contribution in [0.5, 0.6) is 0 Å². The molecule has 5 nitrogen and oxygen atoms in total. The van der Waals surface area contributed by atoms with Crippen molar-refractivity contribution >= 4 is 48.1 Å². The molecule has 0 aromatic carbocycles. The zero-order chi connectivity index (χ0) is 9.99. The average Bonchev–Trinajstić information content (AvgIpc) is 1.78. The Morgan fingerprint density at radius 1 is 1.54 bits per heavy atom. The van der Waals surface area contributed by atoms with Crippen molar-refractivity contribution in [1.82, 2.24) is 0 Å². The number of carbonyl (C=O) groups is 1. The molecule has 0 saturated carbocycles. The number of hydrogen-bond acceptors (Lipinski definition) is 4. The first-order valence-corrected chi connectivity index (χ1v) is 5.12. The van der Waals surface area contributed by atoms with E-state index in [0.29, 0.717) is 0 Å². The molecule has 0 aliphatic heterocycles. The van der Waals surface area contributed by atoms with E-state index in [9.17, 15) is 14.3 Å². The summed E-state index contributed by atoms with van der Waals surface area (Å²) in [5.74, 6) is 0. The van der Waals surface area contributed by atoms with Crippen LogP contribution in [-0.2, 0) is 9.30 Å². The van der Waals surface area contributed by atoms with Crippen molar-refractivity contribution in [3.05, 3.63) is 0 Å². The van der Waals surface area contributed by atoms with Crippen molar-refractivity contribution < 1.29 is 53.4 Å². The van der Waals surface area contributed by atoms with Gasteiger partial charge in [0.1, 0.15) is 6.61 Å². The zero-order valence-corrected chi connectivity index (χ0v) is 11.5. The van der Waals surface area contributed by atoms with Gasteiger partial charge < -0.3 is 14.5 Å². The molecule has 72 valence electrons. The topological polar surface area (TPSA) is 86.7 Å². The minimum Gasteiger partial charge on any atom is -0.770 e. The molecule has 0 aliphatic rings. The molecule has 0 rings (SSSR count). The van der Waals surface area contributed by atoms with Gasteiger partial charge in [-0.15, -0.1) is 0 Å². The van der Waals surface area contributed by atoms with Crippen LogP contribution in [0, 0.1) is 0 Å². The first-order valence-electron chi connectivity index (χ1n) is 2.41. The molecule has 0 heterocycles. The average molecular weight is 279 g/mol. The maximum Gasteiger partial charge on any atom is 1.00 e. The summed E-state index contributed by atoms with van der Waals surface area (Å²) in [6, 6.07) is 0. The molecule has 0 amide bonds. The Kier molecular flexibility index (Phi) is 8.00. The summed E-state index contributed by atoms with van der Waals surface area (Å²) in [5, 5.41) is 0. The first kappa shape index (κ1) is 16.9. The van der Waals surface area contributed by atoms with Gasteiger partial charge in [-0.3, -0.25) is 4.57 Å². The number of alkyl halides is 3. The zero-order valence-electron chi connectivity index (χ0n) is 6.37. The van der Waals surface area contributed by atoms with Gasteiger partial charge in [0.25, 0.3) is 0 Å². The SMILES string of the molecule is O=C(OCC(Cl)(Cl)Cl)P(=O)([O-])O.[Na+]. The van der Waals surface area contributed by atoms with Gasteiger partial charge in [-0.2, -0.15) is 0 Å². The van der Waals surface area contributed by atoms with Crippen LogP contribution >= 0.6 is 42.4 Å². The van der Waals surface area contributed by atoms with E-state index in [1.807, 2.05) is 0 Å². The van der Waals surface area contributed by atoms with E-state index in [1.54, 1.807) is 0 Å². The molecule has 0 aliphatic carbocycles. The molecule has 1 N–H and O–H groups in total. The standard InChI is InChI=1S/C3H4Cl3O5P.Na/c4-3(5,6)1-11-2(7)12(8,9)10;/h1H2,(H2,8,9,10);/q;+1/p-1. The first-order chi connectivity index (χ1) is 5.13. The van der Waals surface area contributed by atoms with Crippen molar-refractivity contribution in [2.24, 2.45) is 0 Å². The quantitative estimate of drug-likeness (QED) is 0.360. The molecule has 1 atom stereocenters. The second-order valence-corrected chi connectivity index (χ2v) is 5.61. The van der Waals surface area contributed by atoms with Crippen LogP contribution in [0.4, 0.5) is 4.79 Å². The van der Waals surface area contributed by atoms with Crippen molar-refractivity contribution in [2.75, 3.05) is 6.61 Å². The van der Waals surface area contributed by atoms with Crippen LogP contribution in [0.3, 0.4) is 0 Å². The third-order valence-electron chi connectivity index (χ3n) is 0.590. The van der Waals surface area contributed by atoms with E-state index in [-0.39, 0.29) is 29.6 Å². The van der Waals surface area contributed by atoms with Crippen LogP contribution in [0.2, 0.25) is 0 Å². The summed E-state index contributed by atoms with van der Waals surface area (Å²) in [6.07, 6.45) is 0. The summed E-state index contributed by atoms with van der Waals surface area (Å²) in [5.41, 5.74) is -1.83. The van der Waals surface area contributed by atoms with E-state index < -0.39 is 23.7 Å². The normalized spacial score (nSPS) is 15.5. The predicted octanol–water partition coefficient (Wildman–Crippen LogP) is -1.96. The van der Waals surface area contributed by atoms with Crippen LogP contribution in [-0.4, -0.2) is 21.0 Å². The Balaban J connectivity index is 0. The van der Waals surface area contributed by atoms with Crippen LogP contribution < -0.4 is 34.5 Å². The Labute approximate surface area is 111 Å². The maximum atomic E-state index is 10.3. The van der Waals surface area contributed by atoms with E-state index in [4.69, 9.17) is 39.7 Å². The van der Waals surface area contributed by atoms with E-state index >= 15 is 0 Å². The summed E-state index contributed by atoms with van der Waals surface area (Å²) in [4.78, 5) is 28.4. The second-order valence-electron chi connectivity index (χ2n) is 1.69. The van der Waals surface area contributed by atoms with Gasteiger partial charge in [-0.1, -0.05) is 34.8 Å². The monoisotopic (exact) mass is 278 g/mol. The molecule has 0 aromatic rings. The molecule has 0 aromatic heterocycles. The third-order valence-corrected chi connectivity index (χ3v) is 1.51. The second kappa shape index (κ2) is 6.16. The molecule has 1 unspecified atom stereocenters. The molecule has 0 fully saturated rings. The molecular weight excluding hydrogens is 276 g/mol. The molecule has 0 radical (unpaired) electrons. The fourth-order valence-electron chi connectivity index (χ4n) is 0.225. The molecule has 0 bridgehead atoms. The van der Waals surface area contributed by atoms with Gasteiger partial charge in [-0.05, 0) is 0 Å². The molecule has 10 heteroatoms. The van der Waals surface area contributed by atoms with Crippen LogP contribution in [0.25, 0.3) is 0 Å². The van der Waals surface area contributed by atoms with Gasteiger partial charge >= 0.3 is 35.3 Å². The summed E-state index contributed by atoms with van der Waals surface area (Å²) in [6.45, 7) is -0.747. The Morgan fingerprint density at radius 3 is 2.15 bits per heavy atom. The van der Waals surface area contributed by atoms with Crippen molar-refractivity contribution in [2.45, 2.75) is 3.79 Å². The number of hydrogen-bond donors (Lipinski definition) is 1. The van der Waals surface area contributed by atoms with Crippen molar-refractivity contribution in [3.63, 3.8) is 0 Å². The Bertz CT molecular complexity index is 222. The number of ether oxygens (including phenoxy) is 1. The van der Waals surface area contributed by atoms with E-state index in [2.05, 4.69) is 4.74 Å². The molecule has 13 heavy (non-hydrogen) atoms. The Morgan fingerprint density at radius 2 is 1.92 bits per heavy atom. The van der Waals surface area contributed by atoms with Gasteiger partial charge in [0, 0.05) is 0 Å². The molecule has 0 spiro atoms. The van der Waals surface area contributed by atoms with Gasteiger partial charge in [0.2, 0.25) is 11.4 Å². The summed E-state index contributed by atoms with van der Waals surface area (Å²) < 4.78 is 12.0. The smallest absolute Gasteiger partial charge is 0.770 e. The van der Waals surface area contributed by atoms with Crippen LogP contribution in [0.15, 0.2) is 0 Å². The number of carbonyl (C=O) groups excluding carboxylic acids is 1. The minimum atomic E-state index is -5.13.